The SMILES string of the molecule is C[SiH](C)CCOCn1nccc1B(O)O. The molecule has 0 bridgehead atoms. The second kappa shape index (κ2) is 6.06. The van der Waals surface area contributed by atoms with E-state index in [1.165, 1.54) is 10.9 Å². The van der Waals surface area contributed by atoms with Crippen LogP contribution in [0.1, 0.15) is 0 Å². The van der Waals surface area contributed by atoms with Crippen LogP contribution in [0, 0.1) is 0 Å². The fraction of sp³-hybridized carbons (Fsp3) is 0.625. The van der Waals surface area contributed by atoms with E-state index in [2.05, 4.69) is 18.2 Å². The van der Waals surface area contributed by atoms with Crippen LogP contribution in [0.5, 0.6) is 0 Å². The van der Waals surface area contributed by atoms with E-state index in [0.717, 1.165) is 6.04 Å². The summed E-state index contributed by atoms with van der Waals surface area (Å²) in [7, 11) is -2.06. The molecule has 0 amide bonds. The van der Waals surface area contributed by atoms with Gasteiger partial charge in [0.05, 0.1) is 5.59 Å². The zero-order chi connectivity index (χ0) is 11.3. The third kappa shape index (κ3) is 4.17. The van der Waals surface area contributed by atoms with Gasteiger partial charge in [0.1, 0.15) is 6.73 Å². The van der Waals surface area contributed by atoms with Gasteiger partial charge in [-0.15, -0.1) is 0 Å². The number of hydrogen-bond acceptors (Lipinski definition) is 4. The average molecular weight is 228 g/mol. The van der Waals surface area contributed by atoms with E-state index in [9.17, 15) is 0 Å². The van der Waals surface area contributed by atoms with Gasteiger partial charge in [-0.1, -0.05) is 13.1 Å². The molecule has 0 unspecified atom stereocenters. The molecule has 0 saturated heterocycles. The Balaban J connectivity index is 2.34. The molecule has 84 valence electrons. The summed E-state index contributed by atoms with van der Waals surface area (Å²) < 4.78 is 6.84. The van der Waals surface area contributed by atoms with Crippen LogP contribution in [-0.2, 0) is 11.5 Å². The third-order valence-electron chi connectivity index (χ3n) is 2.07. The standard InChI is InChI=1S/C8H17BN2O3Si/c1-15(2)6-5-14-7-11-8(9(12)13)3-4-10-11/h3-4,12-13,15H,5-7H2,1-2H3. The summed E-state index contributed by atoms with van der Waals surface area (Å²) in [6.07, 6.45) is 1.52. The summed E-state index contributed by atoms with van der Waals surface area (Å²) in [6.45, 7) is 5.52. The zero-order valence-electron chi connectivity index (χ0n) is 9.13. The van der Waals surface area contributed by atoms with Gasteiger partial charge in [0.2, 0.25) is 0 Å². The minimum Gasteiger partial charge on any atom is -0.422 e. The summed E-state index contributed by atoms with van der Waals surface area (Å²) in [4.78, 5) is 0. The van der Waals surface area contributed by atoms with Gasteiger partial charge >= 0.3 is 7.12 Å². The van der Waals surface area contributed by atoms with Crippen molar-refractivity contribution in [2.75, 3.05) is 6.61 Å². The molecule has 5 nitrogen and oxygen atoms in total. The molecule has 0 aliphatic heterocycles. The Morgan fingerprint density at radius 1 is 1.53 bits per heavy atom. The predicted octanol–water partition coefficient (Wildman–Crippen LogP) is -0.976. The number of aromatic nitrogens is 2. The lowest BCUT2D eigenvalue weighted by Gasteiger charge is -2.08. The molecule has 7 heteroatoms. The Labute approximate surface area is 91.4 Å². The molecule has 0 saturated carbocycles. The quantitative estimate of drug-likeness (QED) is 0.485. The van der Waals surface area contributed by atoms with Crippen molar-refractivity contribution in [3.05, 3.63) is 12.3 Å². The van der Waals surface area contributed by atoms with Gasteiger partial charge in [0.25, 0.3) is 0 Å². The predicted molar refractivity (Wildman–Crippen MR) is 61.7 cm³/mol. The third-order valence-corrected chi connectivity index (χ3v) is 3.46. The van der Waals surface area contributed by atoms with Crippen LogP contribution in [0.3, 0.4) is 0 Å². The van der Waals surface area contributed by atoms with Gasteiger partial charge in [-0.05, 0) is 12.1 Å². The first kappa shape index (κ1) is 12.4. The number of hydrogen-bond donors (Lipinski definition) is 2. The van der Waals surface area contributed by atoms with E-state index < -0.39 is 15.9 Å². The van der Waals surface area contributed by atoms with Crippen molar-refractivity contribution in [3.63, 3.8) is 0 Å². The lowest BCUT2D eigenvalue weighted by Crippen LogP contribution is -2.37. The van der Waals surface area contributed by atoms with Crippen LogP contribution in [0.4, 0.5) is 0 Å². The second-order valence-electron chi connectivity index (χ2n) is 3.85. The minimum absolute atomic E-state index is 0.279. The summed E-state index contributed by atoms with van der Waals surface area (Å²) in [5.74, 6) is 0. The van der Waals surface area contributed by atoms with Gasteiger partial charge in [-0.3, -0.25) is 0 Å². The van der Waals surface area contributed by atoms with E-state index in [-0.39, 0.29) is 6.73 Å². The molecular formula is C8H17BN2O3Si. The number of nitrogens with zero attached hydrogens (tertiary/aromatic N) is 2. The first-order valence-corrected chi connectivity index (χ1v) is 8.19. The second-order valence-corrected chi connectivity index (χ2v) is 7.21. The first-order chi connectivity index (χ1) is 7.11. The van der Waals surface area contributed by atoms with Gasteiger partial charge in [0, 0.05) is 21.6 Å². The highest BCUT2D eigenvalue weighted by Crippen LogP contribution is 1.93. The maximum atomic E-state index is 8.98. The highest BCUT2D eigenvalue weighted by molar-refractivity contribution is 6.57. The molecular weight excluding hydrogens is 211 g/mol. The Kier molecular flexibility index (Phi) is 5.03. The van der Waals surface area contributed by atoms with Crippen LogP contribution in [0.25, 0.3) is 0 Å². The van der Waals surface area contributed by atoms with E-state index in [1.54, 1.807) is 6.07 Å². The Hall–Kier alpha value is -0.628. The first-order valence-electron chi connectivity index (χ1n) is 5.07. The Morgan fingerprint density at radius 2 is 2.27 bits per heavy atom. The van der Waals surface area contributed by atoms with E-state index in [1.807, 2.05) is 0 Å². The molecule has 1 heterocycles. The van der Waals surface area contributed by atoms with E-state index in [0.29, 0.717) is 12.2 Å². The lowest BCUT2D eigenvalue weighted by molar-refractivity contribution is 0.0805. The van der Waals surface area contributed by atoms with Gasteiger partial charge in [-0.25, -0.2) is 4.68 Å². The fourth-order valence-corrected chi connectivity index (χ4v) is 1.78. The summed E-state index contributed by atoms with van der Waals surface area (Å²) in [5, 5.41) is 21.9. The van der Waals surface area contributed by atoms with Crippen LogP contribution in [0.2, 0.25) is 19.1 Å². The highest BCUT2D eigenvalue weighted by atomic mass is 28.3. The summed E-state index contributed by atoms with van der Waals surface area (Å²) in [6, 6.07) is 2.68. The van der Waals surface area contributed by atoms with Crippen LogP contribution in [0.15, 0.2) is 12.3 Å². The van der Waals surface area contributed by atoms with Crippen molar-refractivity contribution in [2.24, 2.45) is 0 Å². The summed E-state index contributed by atoms with van der Waals surface area (Å²) in [5.41, 5.74) is 0.358. The Bertz CT molecular complexity index is 293. The average Bonchev–Trinajstić information content (AvgIpc) is 2.60. The molecule has 1 rings (SSSR count). The normalized spacial score (nSPS) is 11.0. The molecule has 2 N–H and O–H groups in total. The van der Waals surface area contributed by atoms with Crippen molar-refractivity contribution < 1.29 is 14.8 Å². The lowest BCUT2D eigenvalue weighted by atomic mass is 9.86. The highest BCUT2D eigenvalue weighted by Gasteiger charge is 2.16. The maximum absolute atomic E-state index is 8.98. The van der Waals surface area contributed by atoms with Gasteiger partial charge in [-0.2, -0.15) is 5.10 Å². The van der Waals surface area contributed by atoms with E-state index >= 15 is 0 Å². The minimum atomic E-state index is -1.49. The smallest absolute Gasteiger partial charge is 0.422 e. The zero-order valence-corrected chi connectivity index (χ0v) is 10.3. The van der Waals surface area contributed by atoms with Crippen LogP contribution < -0.4 is 5.59 Å². The molecule has 0 radical (unpaired) electrons. The monoisotopic (exact) mass is 228 g/mol. The summed E-state index contributed by atoms with van der Waals surface area (Å²) >= 11 is 0. The molecule has 0 aliphatic rings. The van der Waals surface area contributed by atoms with Crippen LogP contribution >= 0.6 is 0 Å². The van der Waals surface area contributed by atoms with Crippen molar-refractivity contribution in [1.82, 2.24) is 9.78 Å². The Morgan fingerprint density at radius 3 is 2.87 bits per heavy atom. The van der Waals surface area contributed by atoms with Crippen molar-refractivity contribution in [3.8, 4) is 0 Å². The van der Waals surface area contributed by atoms with Crippen molar-refractivity contribution in [1.29, 1.82) is 0 Å². The maximum Gasteiger partial charge on any atom is 0.507 e. The van der Waals surface area contributed by atoms with Crippen molar-refractivity contribution >= 4 is 21.5 Å². The molecule has 0 aromatic carbocycles. The topological polar surface area (TPSA) is 67.5 Å². The largest absolute Gasteiger partial charge is 0.507 e. The molecule has 0 spiro atoms. The van der Waals surface area contributed by atoms with Crippen molar-refractivity contribution in [2.45, 2.75) is 25.9 Å². The number of rotatable bonds is 6. The van der Waals surface area contributed by atoms with Crippen LogP contribution in [-0.4, -0.2) is 42.4 Å². The molecule has 1 aromatic rings. The van der Waals surface area contributed by atoms with Gasteiger partial charge < -0.3 is 14.8 Å². The molecule has 15 heavy (non-hydrogen) atoms. The molecule has 0 fully saturated rings. The molecule has 0 atom stereocenters. The van der Waals surface area contributed by atoms with Gasteiger partial charge in [0.15, 0.2) is 0 Å². The number of ether oxygens (including phenoxy) is 1. The van der Waals surface area contributed by atoms with E-state index in [4.69, 9.17) is 14.8 Å². The molecule has 1 aromatic heterocycles. The molecule has 0 aliphatic carbocycles. The fourth-order valence-electron chi connectivity index (χ4n) is 1.14.